The van der Waals surface area contributed by atoms with Gasteiger partial charge in [-0.05, 0) is 131 Å². The maximum atomic E-state index is 12.3. The highest BCUT2D eigenvalue weighted by Crippen LogP contribution is 2.45. The number of fused-ring (bicyclic) bond motifs is 15. The summed E-state index contributed by atoms with van der Waals surface area (Å²) in [5, 5.41) is 74.9. The molecule has 6 aliphatic carbocycles. The largest absolute Gasteiger partial charge is 0.585 e. The Morgan fingerprint density at radius 2 is 1.01 bits per heavy atom. The Morgan fingerprint density at radius 3 is 1.49 bits per heavy atom. The lowest BCUT2D eigenvalue weighted by Gasteiger charge is -2.39. The molecule has 0 bridgehead atoms. The van der Waals surface area contributed by atoms with Gasteiger partial charge in [-0.3, -0.25) is 23.2 Å². The van der Waals surface area contributed by atoms with Crippen LogP contribution >= 0.6 is 0 Å². The summed E-state index contributed by atoms with van der Waals surface area (Å²) >= 11 is 0. The number of nitrogens with one attached hydrogen (secondary N) is 8. The number of piperidine rings is 1. The number of terminal acetylenes is 1. The van der Waals surface area contributed by atoms with Crippen LogP contribution in [0.4, 0.5) is 0 Å². The minimum atomic E-state index is -3.20. The van der Waals surface area contributed by atoms with E-state index in [-0.39, 0.29) is 85.0 Å². The third-order valence-corrected chi connectivity index (χ3v) is 32.7. The van der Waals surface area contributed by atoms with Crippen molar-refractivity contribution < 1.29 is 64.6 Å². The molecule has 14 heterocycles. The number of carbonyl (C=O) groups is 1. The topological polar surface area (TPSA) is 470 Å². The van der Waals surface area contributed by atoms with E-state index in [2.05, 4.69) is 133 Å². The van der Waals surface area contributed by atoms with Gasteiger partial charge in [0.15, 0.2) is 0 Å². The van der Waals surface area contributed by atoms with Crippen LogP contribution in [-0.4, -0.2) is 255 Å². The summed E-state index contributed by atoms with van der Waals surface area (Å²) in [5.74, 6) is 15.2. The smallest absolute Gasteiger partial charge is 0.531 e. The number of carbonyl (C=O) groups excluding carboxylic acids is 1. The quantitative estimate of drug-likeness (QED) is 0.0263. The van der Waals surface area contributed by atoms with Crippen LogP contribution in [0.15, 0.2) is 106 Å². The summed E-state index contributed by atoms with van der Waals surface area (Å²) in [4.78, 5) is 48.5. The average Bonchev–Trinajstić information content (AvgIpc) is 1.72. The van der Waals surface area contributed by atoms with E-state index in [1.807, 2.05) is 69.4 Å². The van der Waals surface area contributed by atoms with Crippen molar-refractivity contribution in [3.63, 3.8) is 0 Å². The van der Waals surface area contributed by atoms with Crippen molar-refractivity contribution in [3.05, 3.63) is 136 Å². The van der Waals surface area contributed by atoms with Crippen LogP contribution < -0.4 is 50.7 Å². The molecule has 0 aromatic carbocycles. The van der Waals surface area contributed by atoms with Gasteiger partial charge < -0.3 is 69.6 Å². The lowest BCUT2D eigenvalue weighted by molar-refractivity contribution is -0.132. The number of pyridine rings is 5. The highest BCUT2D eigenvalue weighted by Gasteiger charge is 2.47. The number of allylic oxidation sites excluding steroid dienone is 2. The van der Waals surface area contributed by atoms with E-state index in [0.29, 0.717) is 54.6 Å². The SMILES string of the molecule is C.C#CCC(=O)N1CC[C@@H](C)C(C2=CB(O)Oc3cnc4[nH]ccc4c32)C1.C=S(=O)(CCC)NC1CC(C2=NNB(O)c3cnc4[nH]ccc4c32)C1.C=S(=O)(CCC)NC1CC(C2=NOB(O)c3cnc4[nH]ccc4c32)C1.CCCS(=O)(=O)NC1CC(C2=NN(C)B(O)c3cnc4c(c32)C=CC4)C1.CCCS(=O)(=O)NC1CC(C2=NN(C)B(O)c3cnc4c(c32)C=CC4)C1. The number of aromatic nitrogens is 8. The molecule has 680 valence electrons. The van der Waals surface area contributed by atoms with Gasteiger partial charge in [0.2, 0.25) is 26.0 Å². The minimum Gasteiger partial charge on any atom is -0.531 e. The lowest BCUT2D eigenvalue weighted by atomic mass is 9.65. The van der Waals surface area contributed by atoms with E-state index in [0.717, 1.165) is 212 Å². The number of aromatic amines is 3. The number of H-pyrrole nitrogens is 3. The number of likely N-dealkylation sites (tertiary alicyclic amines) is 1. The molecule has 8 aromatic rings. The van der Waals surface area contributed by atoms with Crippen LogP contribution in [0.3, 0.4) is 0 Å². The zero-order valence-corrected chi connectivity index (χ0v) is 76.1. The lowest BCUT2D eigenvalue weighted by Crippen LogP contribution is -2.54. The summed E-state index contributed by atoms with van der Waals surface area (Å²) in [6.45, 7) is 11.2. The molecule has 6 aliphatic heterocycles. The molecule has 0 spiro atoms. The molecule has 13 N–H and O–H groups in total. The van der Waals surface area contributed by atoms with Gasteiger partial charge in [-0.2, -0.15) is 15.3 Å². The second-order valence-electron chi connectivity index (χ2n) is 35.2. The summed E-state index contributed by atoms with van der Waals surface area (Å²) in [6, 6.07) is 6.16. The normalized spacial score (nSPS) is 23.9. The molecular formula is C86H113B5N20O14S4. The summed E-state index contributed by atoms with van der Waals surface area (Å²) < 4.78 is 95.2. The molecule has 5 fully saturated rings. The molecule has 4 saturated carbocycles. The van der Waals surface area contributed by atoms with Crippen LogP contribution in [0.2, 0.25) is 0 Å². The first kappa shape index (κ1) is 93.9. The molecule has 4 atom stereocenters. The number of nitrogens with zero attached hydrogens (tertiary/aromatic N) is 12. The van der Waals surface area contributed by atoms with Gasteiger partial charge in [0.05, 0.1) is 58.4 Å². The monoisotopic (exact) mass is 1830 g/mol. The third kappa shape index (κ3) is 19.9. The number of oxime groups is 1. The average molecular weight is 1830 g/mol. The minimum absolute atomic E-state index is 0. The Hall–Kier alpha value is -9.80. The van der Waals surface area contributed by atoms with Crippen LogP contribution in [0.5, 0.6) is 5.75 Å². The molecule has 43 heteroatoms. The van der Waals surface area contributed by atoms with E-state index in [4.69, 9.17) is 15.8 Å². The van der Waals surface area contributed by atoms with Crippen molar-refractivity contribution in [2.45, 2.75) is 169 Å². The first-order valence-electron chi connectivity index (χ1n) is 44.0. The van der Waals surface area contributed by atoms with Crippen LogP contribution in [0.25, 0.3) is 50.8 Å². The Bertz CT molecular complexity index is 6040. The van der Waals surface area contributed by atoms with Crippen molar-refractivity contribution in [1.82, 2.24) is 78.8 Å². The number of hydrogen-bond donors (Lipinski definition) is 13. The first-order chi connectivity index (χ1) is 61.3. The van der Waals surface area contributed by atoms with Gasteiger partial charge in [0, 0.05) is 245 Å². The number of amides is 1. The summed E-state index contributed by atoms with van der Waals surface area (Å²) in [5.41, 5.74) is 18.8. The molecule has 0 radical (unpaired) electrons. The van der Waals surface area contributed by atoms with Crippen LogP contribution in [-0.2, 0) is 61.9 Å². The maximum absolute atomic E-state index is 12.3. The summed E-state index contributed by atoms with van der Waals surface area (Å²) in [7, 11) is -11.9. The predicted molar refractivity (Wildman–Crippen MR) is 517 cm³/mol. The van der Waals surface area contributed by atoms with E-state index >= 15 is 0 Å². The molecule has 1 amide bonds. The fourth-order valence-corrected chi connectivity index (χ4v) is 25.1. The molecule has 20 rings (SSSR count). The van der Waals surface area contributed by atoms with Gasteiger partial charge in [0.25, 0.3) is 0 Å². The molecule has 34 nitrogen and oxygen atoms in total. The van der Waals surface area contributed by atoms with Crippen molar-refractivity contribution in [2.75, 3.05) is 50.2 Å². The van der Waals surface area contributed by atoms with E-state index in [1.54, 1.807) is 60.9 Å². The third-order valence-electron chi connectivity index (χ3n) is 25.8. The number of hydrazone groups is 3. The Morgan fingerprint density at radius 1 is 0.574 bits per heavy atom. The zero-order chi connectivity index (χ0) is 90.4. The summed E-state index contributed by atoms with van der Waals surface area (Å²) in [6.07, 6.45) is 39.3. The standard InChI is InChI=1S/C19H20BN3O3.2C17H23BN4O3S.C16H22BN5O2S.C16H21BN4O3S.CH4/c1-3-4-17(24)23-8-6-12(2)15(11-23)14-9-20(25)26-16-10-22-19-13(18(14)16)5-7-21-19;2*1-3-7-26(24,25)21-12-8-11(9-12)17-16-13-5-4-6-15(13)19-10-14(16)18(23)22(2)20-17;1-3-6-25(2,24)21-11-7-10(8-11)15-14-12-4-5-18-16(12)19-9-13(14)17(23)22-20-15;1-3-6-25(2,23)21-11-7-10(8-11)15-14-12-4-5-18-16(12)19-9-13(14)17(22)24-20-15;/h1,5,7,9-10,12,15,25H,4,6,8,11H2,2H3,(H,21,22);2*4-5,10-12,21,23H,3,6-9H2,1-2H3;4-5,9-11,22-23H,2-3,6-8H2,1H3,(H,18,19)(H,21,24);4-5,9-11,22H,2-3,6-8H2,1H3,(H,18,19)(H,21,23);1H4/t12-,15?;;;;;/m1...../s1. The van der Waals surface area contributed by atoms with Crippen molar-refractivity contribution in [3.8, 4) is 18.1 Å². The fraction of sp³-hybridized carbons (Fsp3) is 0.465. The number of hydrogen-bond acceptors (Lipinski definition) is 26. The van der Waals surface area contributed by atoms with E-state index < -0.39 is 74.9 Å². The Labute approximate surface area is 756 Å². The molecule has 129 heavy (non-hydrogen) atoms. The second kappa shape index (κ2) is 38.9. The van der Waals surface area contributed by atoms with Crippen molar-refractivity contribution in [2.24, 2.45) is 56.0 Å². The van der Waals surface area contributed by atoms with Gasteiger partial charge in [0.1, 0.15) is 22.7 Å². The van der Waals surface area contributed by atoms with Crippen LogP contribution in [0.1, 0.15) is 182 Å². The van der Waals surface area contributed by atoms with Crippen LogP contribution in [0, 0.1) is 47.9 Å². The van der Waals surface area contributed by atoms with E-state index in [9.17, 15) is 55.2 Å². The van der Waals surface area contributed by atoms with Gasteiger partial charge in [-0.25, -0.2) is 50.7 Å². The Kier molecular flexibility index (Phi) is 28.3. The van der Waals surface area contributed by atoms with Gasteiger partial charge in [-0.15, -0.1) is 11.6 Å². The Balaban J connectivity index is 0.000000124. The first-order valence-corrected chi connectivity index (χ1v) is 51.1. The van der Waals surface area contributed by atoms with Gasteiger partial charge >= 0.3 is 35.4 Å². The number of rotatable bonds is 22. The predicted octanol–water partition coefficient (Wildman–Crippen LogP) is 3.06. The molecule has 8 aromatic heterocycles. The number of sulfonamides is 2. The van der Waals surface area contributed by atoms with E-state index in [1.165, 1.54) is 0 Å². The molecule has 1 saturated heterocycles. The molecular weight excluding hydrogens is 1720 g/mol. The highest BCUT2D eigenvalue weighted by atomic mass is 32.2. The van der Waals surface area contributed by atoms with Gasteiger partial charge in [-0.1, -0.05) is 72.3 Å². The zero-order valence-electron chi connectivity index (χ0n) is 72.9. The maximum Gasteiger partial charge on any atom is 0.585 e. The second-order valence-corrected chi connectivity index (χ2v) is 43.4. The highest BCUT2D eigenvalue weighted by molar-refractivity contribution is 7.98. The molecule has 3 unspecified atom stereocenters. The fourth-order valence-electron chi connectivity index (χ4n) is 19.2. The van der Waals surface area contributed by atoms with Crippen molar-refractivity contribution in [1.29, 1.82) is 0 Å². The van der Waals surface area contributed by atoms with Crippen molar-refractivity contribution >= 4 is 188 Å². The molecule has 12 aliphatic rings.